The van der Waals surface area contributed by atoms with Crippen LogP contribution in [0.3, 0.4) is 0 Å². The summed E-state index contributed by atoms with van der Waals surface area (Å²) in [5.74, 6) is -1.14. The molecule has 3 rings (SSSR count). The molecule has 0 radical (unpaired) electrons. The Kier molecular flexibility index (Phi) is 5.13. The number of hydrogen-bond donors (Lipinski definition) is 0. The Hall–Kier alpha value is -2.37. The third kappa shape index (κ3) is 3.93. The summed E-state index contributed by atoms with van der Waals surface area (Å²) < 4.78 is 10.5. The molecule has 0 aromatic heterocycles. The molecule has 0 aliphatic carbocycles. The maximum Gasteiger partial charge on any atom is 0.317 e. The Balaban J connectivity index is 1.41. The van der Waals surface area contributed by atoms with Crippen molar-refractivity contribution in [3.63, 3.8) is 0 Å². The third-order valence-corrected chi connectivity index (χ3v) is 4.70. The summed E-state index contributed by atoms with van der Waals surface area (Å²) in [6, 6.07) is 9.61. The smallest absolute Gasteiger partial charge is 0.317 e. The monoisotopic (exact) mass is 331 g/mol. The van der Waals surface area contributed by atoms with E-state index in [9.17, 15) is 14.4 Å². The van der Waals surface area contributed by atoms with E-state index in [1.807, 2.05) is 35.2 Å². The van der Waals surface area contributed by atoms with Crippen molar-refractivity contribution in [1.29, 1.82) is 0 Å². The highest BCUT2D eigenvalue weighted by Gasteiger charge is 2.41. The van der Waals surface area contributed by atoms with Crippen LogP contribution in [0.4, 0.5) is 0 Å². The molecule has 1 amide bonds. The molecule has 1 aromatic carbocycles. The molecule has 6 heteroatoms. The second kappa shape index (κ2) is 7.47. The van der Waals surface area contributed by atoms with E-state index in [1.54, 1.807) is 0 Å². The zero-order valence-electron chi connectivity index (χ0n) is 13.4. The molecule has 2 saturated heterocycles. The van der Waals surface area contributed by atoms with Crippen LogP contribution < -0.4 is 0 Å². The Morgan fingerprint density at radius 1 is 1.08 bits per heavy atom. The van der Waals surface area contributed by atoms with Crippen molar-refractivity contribution in [3.8, 4) is 0 Å². The number of ether oxygens (including phenoxy) is 2. The molecule has 2 atom stereocenters. The van der Waals surface area contributed by atoms with E-state index in [4.69, 9.17) is 9.47 Å². The first kappa shape index (κ1) is 16.5. The first-order chi connectivity index (χ1) is 11.7. The number of carbonyl (C=O) groups is 3. The summed E-state index contributed by atoms with van der Waals surface area (Å²) in [7, 11) is 0. The standard InChI is InChI=1S/C18H21NO5/c20-12-19-14-6-7-15(19)9-16(8-14)24-18(22)10-17(21)23-11-13-4-2-1-3-5-13/h1-5,12,14-16H,6-11H2. The van der Waals surface area contributed by atoms with Gasteiger partial charge in [-0.05, 0) is 18.4 Å². The summed E-state index contributed by atoms with van der Waals surface area (Å²) >= 11 is 0. The molecule has 2 bridgehead atoms. The van der Waals surface area contributed by atoms with Crippen molar-refractivity contribution in [3.05, 3.63) is 35.9 Å². The molecule has 2 heterocycles. The lowest BCUT2D eigenvalue weighted by atomic mass is 10.0. The van der Waals surface area contributed by atoms with E-state index in [1.165, 1.54) is 0 Å². The molecule has 0 saturated carbocycles. The Morgan fingerprint density at radius 2 is 1.75 bits per heavy atom. The minimum Gasteiger partial charge on any atom is -0.462 e. The van der Waals surface area contributed by atoms with Crippen LogP contribution in [0, 0.1) is 0 Å². The number of fused-ring (bicyclic) bond motifs is 2. The van der Waals surface area contributed by atoms with Crippen LogP contribution in [0.5, 0.6) is 0 Å². The lowest BCUT2D eigenvalue weighted by Gasteiger charge is -2.35. The van der Waals surface area contributed by atoms with Gasteiger partial charge in [0.05, 0.1) is 0 Å². The Labute approximate surface area is 140 Å². The highest BCUT2D eigenvalue weighted by Crippen LogP contribution is 2.35. The van der Waals surface area contributed by atoms with Crippen molar-refractivity contribution in [2.75, 3.05) is 0 Å². The number of nitrogens with zero attached hydrogens (tertiary/aromatic N) is 1. The fourth-order valence-electron chi connectivity index (χ4n) is 3.57. The third-order valence-electron chi connectivity index (χ3n) is 4.70. The fraction of sp³-hybridized carbons (Fsp3) is 0.500. The number of benzene rings is 1. The van der Waals surface area contributed by atoms with Crippen LogP contribution in [0.25, 0.3) is 0 Å². The van der Waals surface area contributed by atoms with Crippen LogP contribution in [0.2, 0.25) is 0 Å². The maximum absolute atomic E-state index is 11.9. The first-order valence-electron chi connectivity index (χ1n) is 8.27. The van der Waals surface area contributed by atoms with Gasteiger partial charge in [0.25, 0.3) is 0 Å². The van der Waals surface area contributed by atoms with Crippen LogP contribution in [0.1, 0.15) is 37.7 Å². The molecule has 6 nitrogen and oxygen atoms in total. The molecule has 2 aliphatic rings. The van der Waals surface area contributed by atoms with Crippen molar-refractivity contribution < 1.29 is 23.9 Å². The minimum atomic E-state index is -0.586. The van der Waals surface area contributed by atoms with Crippen molar-refractivity contribution >= 4 is 18.3 Å². The second-order valence-corrected chi connectivity index (χ2v) is 6.34. The zero-order valence-corrected chi connectivity index (χ0v) is 13.4. The minimum absolute atomic E-state index is 0.148. The molecule has 24 heavy (non-hydrogen) atoms. The van der Waals surface area contributed by atoms with Gasteiger partial charge in [-0.15, -0.1) is 0 Å². The zero-order chi connectivity index (χ0) is 16.9. The second-order valence-electron chi connectivity index (χ2n) is 6.34. The van der Waals surface area contributed by atoms with Crippen LogP contribution in [0.15, 0.2) is 30.3 Å². The van der Waals surface area contributed by atoms with Crippen LogP contribution in [-0.4, -0.2) is 41.4 Å². The van der Waals surface area contributed by atoms with E-state index in [-0.39, 0.29) is 31.2 Å². The first-order valence-corrected chi connectivity index (χ1v) is 8.27. The van der Waals surface area contributed by atoms with E-state index in [2.05, 4.69) is 0 Å². The van der Waals surface area contributed by atoms with Crippen molar-refractivity contribution in [2.24, 2.45) is 0 Å². The lowest BCUT2D eigenvalue weighted by Crippen LogP contribution is -2.45. The van der Waals surface area contributed by atoms with Crippen molar-refractivity contribution in [1.82, 2.24) is 4.90 Å². The van der Waals surface area contributed by atoms with Gasteiger partial charge < -0.3 is 14.4 Å². The fourth-order valence-corrected chi connectivity index (χ4v) is 3.57. The van der Waals surface area contributed by atoms with Gasteiger partial charge in [0, 0.05) is 24.9 Å². The summed E-state index contributed by atoms with van der Waals surface area (Å²) in [4.78, 5) is 36.5. The summed E-state index contributed by atoms with van der Waals surface area (Å²) in [6.07, 6.45) is 3.51. The van der Waals surface area contributed by atoms with E-state index in [0.29, 0.717) is 12.8 Å². The molecular formula is C18H21NO5. The van der Waals surface area contributed by atoms with Gasteiger partial charge in [-0.2, -0.15) is 0 Å². The number of piperidine rings is 1. The van der Waals surface area contributed by atoms with E-state index < -0.39 is 11.9 Å². The highest BCUT2D eigenvalue weighted by molar-refractivity contribution is 5.91. The van der Waals surface area contributed by atoms with E-state index in [0.717, 1.165) is 24.8 Å². The molecule has 0 N–H and O–H groups in total. The molecule has 0 spiro atoms. The Bertz CT molecular complexity index is 589. The summed E-state index contributed by atoms with van der Waals surface area (Å²) in [5, 5.41) is 0. The number of rotatable bonds is 6. The van der Waals surface area contributed by atoms with Crippen LogP contribution >= 0.6 is 0 Å². The lowest BCUT2D eigenvalue weighted by molar-refractivity contribution is -0.160. The van der Waals surface area contributed by atoms with Gasteiger partial charge >= 0.3 is 11.9 Å². The normalized spacial score (nSPS) is 25.2. The van der Waals surface area contributed by atoms with Gasteiger partial charge in [-0.25, -0.2) is 0 Å². The predicted molar refractivity (Wildman–Crippen MR) is 84.7 cm³/mol. The van der Waals surface area contributed by atoms with Crippen LogP contribution in [-0.2, 0) is 30.5 Å². The van der Waals surface area contributed by atoms with Gasteiger partial charge in [-0.1, -0.05) is 30.3 Å². The molecule has 1 aromatic rings. The Morgan fingerprint density at radius 3 is 2.38 bits per heavy atom. The molecule has 128 valence electrons. The quantitative estimate of drug-likeness (QED) is 0.452. The predicted octanol–water partition coefficient (Wildman–Crippen LogP) is 1.81. The highest BCUT2D eigenvalue weighted by atomic mass is 16.6. The SMILES string of the molecule is O=CN1C2CCC1CC(OC(=O)CC(=O)OCc1ccccc1)C2. The van der Waals surface area contributed by atoms with Gasteiger partial charge in [0.2, 0.25) is 6.41 Å². The molecular weight excluding hydrogens is 310 g/mol. The molecule has 2 fully saturated rings. The number of hydrogen-bond acceptors (Lipinski definition) is 5. The van der Waals surface area contributed by atoms with E-state index >= 15 is 0 Å². The number of carbonyl (C=O) groups excluding carboxylic acids is 3. The maximum atomic E-state index is 11.9. The van der Waals surface area contributed by atoms with Gasteiger partial charge in [0.15, 0.2) is 0 Å². The van der Waals surface area contributed by atoms with Crippen molar-refractivity contribution in [2.45, 2.75) is 56.9 Å². The molecule has 2 aliphatic heterocycles. The average Bonchev–Trinajstić information content (AvgIpc) is 2.83. The summed E-state index contributed by atoms with van der Waals surface area (Å²) in [6.45, 7) is 0.148. The number of amides is 1. The topological polar surface area (TPSA) is 72.9 Å². The number of esters is 2. The largest absolute Gasteiger partial charge is 0.462 e. The van der Waals surface area contributed by atoms with Gasteiger partial charge in [0.1, 0.15) is 19.1 Å². The molecule has 2 unspecified atom stereocenters. The average molecular weight is 331 g/mol. The summed E-state index contributed by atoms with van der Waals surface area (Å²) in [5.41, 5.74) is 0.872. The van der Waals surface area contributed by atoms with Gasteiger partial charge in [-0.3, -0.25) is 14.4 Å².